The van der Waals surface area contributed by atoms with E-state index in [0.29, 0.717) is 6.54 Å². The van der Waals surface area contributed by atoms with E-state index in [1.165, 1.54) is 6.08 Å². The molecule has 3 rings (SSSR count). The van der Waals surface area contributed by atoms with Crippen molar-refractivity contribution in [2.75, 3.05) is 6.54 Å². The van der Waals surface area contributed by atoms with Gasteiger partial charge in [-0.3, -0.25) is 9.48 Å². The minimum Gasteiger partial charge on any atom is -0.392 e. The first-order valence-electron chi connectivity index (χ1n) is 8.41. The van der Waals surface area contributed by atoms with Crippen LogP contribution < -0.4 is 5.32 Å². The average Bonchev–Trinajstić information content (AvgIpc) is 3.28. The molecular formula is C20H21N3O2S. The molecule has 0 bridgehead atoms. The molecule has 1 aromatic carbocycles. The van der Waals surface area contributed by atoms with Crippen molar-refractivity contribution >= 4 is 23.3 Å². The average molecular weight is 367 g/mol. The first-order chi connectivity index (χ1) is 12.6. The van der Waals surface area contributed by atoms with Gasteiger partial charge in [-0.05, 0) is 30.0 Å². The van der Waals surface area contributed by atoms with Crippen molar-refractivity contribution in [3.63, 3.8) is 0 Å². The second-order valence-electron chi connectivity index (χ2n) is 6.02. The van der Waals surface area contributed by atoms with Crippen molar-refractivity contribution < 1.29 is 9.90 Å². The summed E-state index contributed by atoms with van der Waals surface area (Å²) in [7, 11) is 0. The normalized spacial score (nSPS) is 12.4. The second-order valence-corrected chi connectivity index (χ2v) is 6.97. The molecule has 0 fully saturated rings. The number of aliphatic hydroxyl groups excluding tert-OH is 1. The topological polar surface area (TPSA) is 67.2 Å². The van der Waals surface area contributed by atoms with Crippen LogP contribution in [0.5, 0.6) is 0 Å². The third-order valence-electron chi connectivity index (χ3n) is 3.72. The number of aromatic nitrogens is 2. The maximum Gasteiger partial charge on any atom is 0.244 e. The van der Waals surface area contributed by atoms with Gasteiger partial charge in [0.25, 0.3) is 0 Å². The summed E-state index contributed by atoms with van der Waals surface area (Å²) in [6.45, 7) is 2.53. The van der Waals surface area contributed by atoms with Crippen molar-refractivity contribution in [1.29, 1.82) is 0 Å². The highest BCUT2D eigenvalue weighted by atomic mass is 32.1. The van der Waals surface area contributed by atoms with Crippen LogP contribution >= 0.6 is 11.3 Å². The van der Waals surface area contributed by atoms with Crippen molar-refractivity contribution in [2.24, 2.45) is 0 Å². The van der Waals surface area contributed by atoms with Gasteiger partial charge >= 0.3 is 0 Å². The van der Waals surface area contributed by atoms with E-state index in [1.54, 1.807) is 24.3 Å². The van der Waals surface area contributed by atoms with Crippen LogP contribution in [0.25, 0.3) is 16.6 Å². The molecule has 0 spiro atoms. The molecule has 0 aliphatic heterocycles. The molecule has 1 atom stereocenters. The Morgan fingerprint density at radius 3 is 2.81 bits per heavy atom. The largest absolute Gasteiger partial charge is 0.392 e. The van der Waals surface area contributed by atoms with E-state index in [0.717, 1.165) is 21.7 Å². The van der Waals surface area contributed by atoms with Crippen molar-refractivity contribution in [3.05, 3.63) is 71.2 Å². The molecule has 6 heteroatoms. The quantitative estimate of drug-likeness (QED) is 0.630. The molecule has 0 saturated heterocycles. The highest BCUT2D eigenvalue weighted by molar-refractivity contribution is 7.13. The molecule has 3 aromatic rings. The SMILES string of the molecule is CC(O)CNC(=O)/C=C/c1cn(Cc2ccccc2)nc1-c1cccs1. The molecular weight excluding hydrogens is 346 g/mol. The Labute approximate surface area is 156 Å². The Bertz CT molecular complexity index is 868. The lowest BCUT2D eigenvalue weighted by atomic mass is 10.2. The fraction of sp³-hybridized carbons (Fsp3) is 0.200. The number of nitrogens with zero attached hydrogens (tertiary/aromatic N) is 2. The maximum absolute atomic E-state index is 11.9. The zero-order valence-corrected chi connectivity index (χ0v) is 15.3. The van der Waals surface area contributed by atoms with Crippen molar-refractivity contribution in [2.45, 2.75) is 19.6 Å². The molecule has 1 unspecified atom stereocenters. The summed E-state index contributed by atoms with van der Waals surface area (Å²) in [4.78, 5) is 12.9. The summed E-state index contributed by atoms with van der Waals surface area (Å²) in [5.41, 5.74) is 2.91. The van der Waals surface area contributed by atoms with Crippen LogP contribution in [0.4, 0.5) is 0 Å². The number of rotatable bonds is 7. The molecule has 26 heavy (non-hydrogen) atoms. The monoisotopic (exact) mass is 367 g/mol. The van der Waals surface area contributed by atoms with E-state index in [-0.39, 0.29) is 12.5 Å². The predicted molar refractivity (Wildman–Crippen MR) is 105 cm³/mol. The number of thiophene rings is 1. The van der Waals surface area contributed by atoms with Gasteiger partial charge in [-0.25, -0.2) is 0 Å². The van der Waals surface area contributed by atoms with E-state index >= 15 is 0 Å². The van der Waals surface area contributed by atoms with Crippen molar-refractivity contribution in [3.8, 4) is 10.6 Å². The Hall–Kier alpha value is -2.70. The Morgan fingerprint density at radius 2 is 2.12 bits per heavy atom. The van der Waals surface area contributed by atoms with Crippen LogP contribution in [0.15, 0.2) is 60.1 Å². The van der Waals surface area contributed by atoms with Gasteiger partial charge in [0.1, 0.15) is 5.69 Å². The Kier molecular flexibility index (Phi) is 5.99. The third-order valence-corrected chi connectivity index (χ3v) is 4.59. The third kappa shape index (κ3) is 4.91. The van der Waals surface area contributed by atoms with E-state index in [9.17, 15) is 9.90 Å². The molecule has 0 aliphatic rings. The lowest BCUT2D eigenvalue weighted by molar-refractivity contribution is -0.116. The van der Waals surface area contributed by atoms with Crippen molar-refractivity contribution in [1.82, 2.24) is 15.1 Å². The fourth-order valence-corrected chi connectivity index (χ4v) is 3.22. The van der Waals surface area contributed by atoms with Crippen LogP contribution in [0, 0.1) is 0 Å². The van der Waals surface area contributed by atoms with E-state index in [4.69, 9.17) is 5.10 Å². The van der Waals surface area contributed by atoms with Crippen LogP contribution in [-0.4, -0.2) is 33.4 Å². The fourth-order valence-electron chi connectivity index (χ4n) is 2.49. The second kappa shape index (κ2) is 8.60. The lowest BCUT2D eigenvalue weighted by Gasteiger charge is -2.03. The Balaban J connectivity index is 1.82. The summed E-state index contributed by atoms with van der Waals surface area (Å²) in [6, 6.07) is 14.1. The molecule has 2 heterocycles. The summed E-state index contributed by atoms with van der Waals surface area (Å²) in [5.74, 6) is -0.237. The van der Waals surface area contributed by atoms with Crippen LogP contribution in [0.1, 0.15) is 18.1 Å². The van der Waals surface area contributed by atoms with Gasteiger partial charge in [0.2, 0.25) is 5.91 Å². The lowest BCUT2D eigenvalue weighted by Crippen LogP contribution is -2.28. The standard InChI is InChI=1S/C20H21N3O2S/c1-15(24)12-21-19(25)10-9-17-14-23(13-16-6-3-2-4-7-16)22-20(17)18-8-5-11-26-18/h2-11,14-15,24H,12-13H2,1H3,(H,21,25)/b10-9+. The molecule has 0 aliphatic carbocycles. The van der Waals surface area contributed by atoms with Crippen LogP contribution in [0.3, 0.4) is 0 Å². The molecule has 134 valence electrons. The molecule has 5 nitrogen and oxygen atoms in total. The summed E-state index contributed by atoms with van der Waals surface area (Å²) < 4.78 is 1.89. The first kappa shape index (κ1) is 18.1. The number of carbonyl (C=O) groups excluding carboxylic acids is 1. The first-order valence-corrected chi connectivity index (χ1v) is 9.29. The minimum absolute atomic E-state index is 0.230. The number of hydrogen-bond donors (Lipinski definition) is 2. The highest BCUT2D eigenvalue weighted by Gasteiger charge is 2.11. The number of aliphatic hydroxyl groups is 1. The highest BCUT2D eigenvalue weighted by Crippen LogP contribution is 2.27. The number of carbonyl (C=O) groups is 1. The van der Waals surface area contributed by atoms with Crippen LogP contribution in [0.2, 0.25) is 0 Å². The zero-order chi connectivity index (χ0) is 18.4. The number of amides is 1. The number of nitrogens with one attached hydrogen (secondary N) is 1. The van der Waals surface area contributed by atoms with Gasteiger partial charge in [0.05, 0.1) is 17.5 Å². The summed E-state index contributed by atoms with van der Waals surface area (Å²) in [6.07, 6.45) is 4.62. The van der Waals surface area contributed by atoms with Crippen LogP contribution in [-0.2, 0) is 11.3 Å². The molecule has 2 N–H and O–H groups in total. The van der Waals surface area contributed by atoms with Gasteiger partial charge < -0.3 is 10.4 Å². The predicted octanol–water partition coefficient (Wildman–Crippen LogP) is 3.17. The summed E-state index contributed by atoms with van der Waals surface area (Å²) >= 11 is 1.61. The number of benzene rings is 1. The van der Waals surface area contributed by atoms with Gasteiger partial charge in [-0.1, -0.05) is 36.4 Å². The van der Waals surface area contributed by atoms with Gasteiger partial charge in [0.15, 0.2) is 0 Å². The number of hydrogen-bond acceptors (Lipinski definition) is 4. The Morgan fingerprint density at radius 1 is 1.31 bits per heavy atom. The van der Waals surface area contributed by atoms with Gasteiger partial charge in [-0.15, -0.1) is 11.3 Å². The molecule has 1 amide bonds. The minimum atomic E-state index is -0.567. The smallest absolute Gasteiger partial charge is 0.244 e. The molecule has 0 saturated carbocycles. The summed E-state index contributed by atoms with van der Waals surface area (Å²) in [5, 5.41) is 18.6. The van der Waals surface area contributed by atoms with E-state index in [2.05, 4.69) is 17.4 Å². The molecule has 2 aromatic heterocycles. The van der Waals surface area contributed by atoms with E-state index in [1.807, 2.05) is 46.6 Å². The van der Waals surface area contributed by atoms with Gasteiger partial charge in [0, 0.05) is 24.4 Å². The van der Waals surface area contributed by atoms with E-state index < -0.39 is 6.10 Å². The molecule has 0 radical (unpaired) electrons. The van der Waals surface area contributed by atoms with Gasteiger partial charge in [-0.2, -0.15) is 5.10 Å². The maximum atomic E-state index is 11.9. The zero-order valence-electron chi connectivity index (χ0n) is 14.5.